The molecule has 1 amide bonds. The molecule has 3 atom stereocenters. The van der Waals surface area contributed by atoms with E-state index in [1.165, 1.54) is 0 Å². The Morgan fingerprint density at radius 2 is 1.71 bits per heavy atom. The quantitative estimate of drug-likeness (QED) is 0.879. The average molecular weight is 344 g/mol. The topological polar surface area (TPSA) is 47.6 Å². The van der Waals surface area contributed by atoms with Crippen molar-refractivity contribution in [2.45, 2.75) is 31.5 Å². The SMILES string of the molecule is O=C(Nc1ccc(Oc2ccc(Cl)cc2)cc1)C1CC2CCC1O2. The summed E-state index contributed by atoms with van der Waals surface area (Å²) >= 11 is 5.86. The maximum Gasteiger partial charge on any atom is 0.230 e. The Morgan fingerprint density at radius 3 is 2.29 bits per heavy atom. The first-order valence-corrected chi connectivity index (χ1v) is 8.55. The van der Waals surface area contributed by atoms with Crippen LogP contribution in [0.5, 0.6) is 11.5 Å². The van der Waals surface area contributed by atoms with Crippen LogP contribution in [0, 0.1) is 5.92 Å². The van der Waals surface area contributed by atoms with Gasteiger partial charge in [-0.2, -0.15) is 0 Å². The first-order valence-electron chi connectivity index (χ1n) is 8.17. The summed E-state index contributed by atoms with van der Waals surface area (Å²) in [5.41, 5.74) is 0.770. The van der Waals surface area contributed by atoms with Gasteiger partial charge in [0.25, 0.3) is 0 Å². The lowest BCUT2D eigenvalue weighted by molar-refractivity contribution is -0.121. The van der Waals surface area contributed by atoms with E-state index in [0.29, 0.717) is 10.8 Å². The first-order chi connectivity index (χ1) is 11.7. The van der Waals surface area contributed by atoms with Crippen LogP contribution in [0.4, 0.5) is 5.69 Å². The van der Waals surface area contributed by atoms with Crippen molar-refractivity contribution >= 4 is 23.2 Å². The monoisotopic (exact) mass is 343 g/mol. The molecule has 2 aliphatic rings. The van der Waals surface area contributed by atoms with Crippen LogP contribution in [0.25, 0.3) is 0 Å². The lowest BCUT2D eigenvalue weighted by Crippen LogP contribution is -2.30. The van der Waals surface area contributed by atoms with Crippen LogP contribution in [-0.2, 0) is 9.53 Å². The fourth-order valence-electron chi connectivity index (χ4n) is 3.39. The molecule has 4 nitrogen and oxygen atoms in total. The molecule has 0 radical (unpaired) electrons. The predicted octanol–water partition coefficient (Wildman–Crippen LogP) is 4.64. The van der Waals surface area contributed by atoms with Crippen LogP contribution < -0.4 is 10.1 Å². The zero-order valence-electron chi connectivity index (χ0n) is 13.1. The number of carbonyl (C=O) groups is 1. The van der Waals surface area contributed by atoms with E-state index < -0.39 is 0 Å². The molecular formula is C19H18ClNO3. The van der Waals surface area contributed by atoms with E-state index in [1.54, 1.807) is 12.1 Å². The zero-order chi connectivity index (χ0) is 16.5. The molecule has 0 saturated carbocycles. The Kier molecular flexibility index (Phi) is 4.17. The number of rotatable bonds is 4. The molecule has 5 heteroatoms. The molecule has 0 aromatic heterocycles. The van der Waals surface area contributed by atoms with Crippen molar-refractivity contribution in [3.05, 3.63) is 53.6 Å². The Balaban J connectivity index is 1.37. The number of ether oxygens (including phenoxy) is 2. The summed E-state index contributed by atoms with van der Waals surface area (Å²) in [6.45, 7) is 0. The van der Waals surface area contributed by atoms with Gasteiger partial charge in [0.2, 0.25) is 5.91 Å². The third-order valence-corrected chi connectivity index (χ3v) is 4.87. The molecule has 2 heterocycles. The Bertz CT molecular complexity index is 729. The lowest BCUT2D eigenvalue weighted by atomic mass is 9.88. The number of carbonyl (C=O) groups excluding carboxylic acids is 1. The van der Waals surface area contributed by atoms with Crippen LogP contribution in [0.3, 0.4) is 0 Å². The molecule has 2 saturated heterocycles. The normalized spacial score (nSPS) is 24.8. The maximum absolute atomic E-state index is 12.4. The molecule has 1 N–H and O–H groups in total. The van der Waals surface area contributed by atoms with Crippen molar-refractivity contribution in [2.24, 2.45) is 5.92 Å². The van der Waals surface area contributed by atoms with Gasteiger partial charge in [-0.05, 0) is 67.8 Å². The molecule has 0 aliphatic carbocycles. The van der Waals surface area contributed by atoms with Crippen LogP contribution in [0.1, 0.15) is 19.3 Å². The number of anilines is 1. The second-order valence-electron chi connectivity index (χ2n) is 6.29. The highest BCUT2D eigenvalue weighted by molar-refractivity contribution is 6.30. The van der Waals surface area contributed by atoms with Gasteiger partial charge < -0.3 is 14.8 Å². The van der Waals surface area contributed by atoms with Gasteiger partial charge in [0.1, 0.15) is 11.5 Å². The number of hydrogen-bond acceptors (Lipinski definition) is 3. The molecule has 124 valence electrons. The Labute approximate surface area is 145 Å². The lowest BCUT2D eigenvalue weighted by Gasteiger charge is -2.18. The highest BCUT2D eigenvalue weighted by atomic mass is 35.5. The standard InChI is InChI=1S/C19H18ClNO3/c20-12-1-5-14(6-2-12)23-15-7-3-13(4-8-15)21-19(22)17-11-16-9-10-18(17)24-16/h1-8,16-18H,9-11H2,(H,21,22). The number of amides is 1. The molecule has 24 heavy (non-hydrogen) atoms. The van der Waals surface area contributed by atoms with Gasteiger partial charge in [0.05, 0.1) is 18.1 Å². The maximum atomic E-state index is 12.4. The number of halogens is 1. The highest BCUT2D eigenvalue weighted by Gasteiger charge is 2.44. The molecule has 2 bridgehead atoms. The van der Waals surface area contributed by atoms with E-state index in [4.69, 9.17) is 21.1 Å². The van der Waals surface area contributed by atoms with Gasteiger partial charge in [0, 0.05) is 10.7 Å². The third-order valence-electron chi connectivity index (χ3n) is 4.61. The summed E-state index contributed by atoms with van der Waals surface area (Å²) in [7, 11) is 0. The van der Waals surface area contributed by atoms with Crippen molar-refractivity contribution in [3.63, 3.8) is 0 Å². The van der Waals surface area contributed by atoms with Crippen LogP contribution in [0.2, 0.25) is 5.02 Å². The van der Waals surface area contributed by atoms with E-state index in [0.717, 1.165) is 30.7 Å². The summed E-state index contributed by atoms with van der Waals surface area (Å²) in [6.07, 6.45) is 3.30. The Morgan fingerprint density at radius 1 is 1.04 bits per heavy atom. The summed E-state index contributed by atoms with van der Waals surface area (Å²) in [6, 6.07) is 14.5. The average Bonchev–Trinajstić information content (AvgIpc) is 3.22. The van der Waals surface area contributed by atoms with Crippen LogP contribution in [0.15, 0.2) is 48.5 Å². The summed E-state index contributed by atoms with van der Waals surface area (Å²) < 4.78 is 11.5. The van der Waals surface area contributed by atoms with E-state index in [1.807, 2.05) is 36.4 Å². The van der Waals surface area contributed by atoms with Gasteiger partial charge in [-0.1, -0.05) is 11.6 Å². The van der Waals surface area contributed by atoms with E-state index >= 15 is 0 Å². The van der Waals surface area contributed by atoms with Crippen molar-refractivity contribution in [3.8, 4) is 11.5 Å². The minimum atomic E-state index is -0.0197. The number of nitrogens with one attached hydrogen (secondary N) is 1. The molecule has 4 rings (SSSR count). The van der Waals surface area contributed by atoms with Crippen molar-refractivity contribution in [1.29, 1.82) is 0 Å². The van der Waals surface area contributed by atoms with Gasteiger partial charge in [-0.3, -0.25) is 4.79 Å². The van der Waals surface area contributed by atoms with Crippen LogP contribution in [-0.4, -0.2) is 18.1 Å². The molecule has 3 unspecified atom stereocenters. The largest absolute Gasteiger partial charge is 0.457 e. The highest BCUT2D eigenvalue weighted by Crippen LogP contribution is 2.39. The van der Waals surface area contributed by atoms with Gasteiger partial charge >= 0.3 is 0 Å². The Hall–Kier alpha value is -2.04. The predicted molar refractivity (Wildman–Crippen MR) is 92.6 cm³/mol. The summed E-state index contributed by atoms with van der Waals surface area (Å²) in [4.78, 5) is 12.4. The van der Waals surface area contributed by atoms with Crippen LogP contribution >= 0.6 is 11.6 Å². The zero-order valence-corrected chi connectivity index (χ0v) is 13.8. The van der Waals surface area contributed by atoms with Gasteiger partial charge in [-0.15, -0.1) is 0 Å². The number of hydrogen-bond donors (Lipinski definition) is 1. The molecule has 2 aromatic rings. The number of fused-ring (bicyclic) bond motifs is 2. The molecule has 2 fully saturated rings. The number of benzene rings is 2. The summed E-state index contributed by atoms with van der Waals surface area (Å²) in [5.74, 6) is 1.45. The van der Waals surface area contributed by atoms with E-state index in [-0.39, 0.29) is 24.0 Å². The third kappa shape index (κ3) is 3.25. The van der Waals surface area contributed by atoms with Crippen molar-refractivity contribution in [2.75, 3.05) is 5.32 Å². The molecule has 2 aliphatic heterocycles. The fourth-order valence-corrected chi connectivity index (χ4v) is 3.52. The molecule has 0 spiro atoms. The first kappa shape index (κ1) is 15.5. The van der Waals surface area contributed by atoms with Gasteiger partial charge in [-0.25, -0.2) is 0 Å². The van der Waals surface area contributed by atoms with Crippen molar-refractivity contribution < 1.29 is 14.3 Å². The summed E-state index contributed by atoms with van der Waals surface area (Å²) in [5, 5.41) is 3.65. The minimum absolute atomic E-state index is 0.0197. The molecular weight excluding hydrogens is 326 g/mol. The van der Waals surface area contributed by atoms with Gasteiger partial charge in [0.15, 0.2) is 0 Å². The van der Waals surface area contributed by atoms with E-state index in [2.05, 4.69) is 5.32 Å². The smallest absolute Gasteiger partial charge is 0.230 e. The van der Waals surface area contributed by atoms with E-state index in [9.17, 15) is 4.79 Å². The molecule has 2 aromatic carbocycles. The minimum Gasteiger partial charge on any atom is -0.457 e. The second-order valence-corrected chi connectivity index (χ2v) is 6.72. The fraction of sp³-hybridized carbons (Fsp3) is 0.316. The van der Waals surface area contributed by atoms with Crippen molar-refractivity contribution in [1.82, 2.24) is 0 Å². The second kappa shape index (κ2) is 6.46.